The Bertz CT molecular complexity index is 662. The molecule has 8 heteroatoms. The number of fused-ring (bicyclic) bond motifs is 2. The van der Waals surface area contributed by atoms with Crippen molar-refractivity contribution >= 4 is 23.6 Å². The average molecular weight is 348 g/mol. The molecule has 2 fully saturated rings. The number of esters is 1. The molecule has 24 heavy (non-hydrogen) atoms. The zero-order valence-corrected chi connectivity index (χ0v) is 13.7. The Morgan fingerprint density at radius 2 is 2.12 bits per heavy atom. The van der Waals surface area contributed by atoms with Gasteiger partial charge in [-0.1, -0.05) is 18.2 Å². The number of thiocyanates is 1. The molecule has 1 aromatic carbocycles. The molecule has 0 radical (unpaired) electrons. The molecule has 126 valence electrons. The Hall–Kier alpha value is -2.08. The minimum atomic E-state index is -0.725. The van der Waals surface area contributed by atoms with Gasteiger partial charge in [0.05, 0.1) is 17.4 Å². The molecule has 0 unspecified atom stereocenters. The normalized spacial score (nSPS) is 31.1. The maximum absolute atomic E-state index is 12.4. The van der Waals surface area contributed by atoms with Gasteiger partial charge in [-0.05, 0) is 23.9 Å². The molecule has 2 aliphatic heterocycles. The number of ether oxygens (including phenoxy) is 3. The highest BCUT2D eigenvalue weighted by atomic mass is 32.2. The van der Waals surface area contributed by atoms with Gasteiger partial charge in [-0.2, -0.15) is 5.26 Å². The van der Waals surface area contributed by atoms with E-state index in [-0.39, 0.29) is 12.0 Å². The highest BCUT2D eigenvalue weighted by Gasteiger charge is 2.53. The number of amides is 1. The number of thioether (sulfide) groups is 1. The molecule has 0 saturated carbocycles. The lowest BCUT2D eigenvalue weighted by Crippen LogP contribution is -2.60. The molecule has 2 aliphatic rings. The number of carbonyl (C=O) groups excluding carboxylic acids is 2. The van der Waals surface area contributed by atoms with E-state index < -0.39 is 29.7 Å². The van der Waals surface area contributed by atoms with Gasteiger partial charge in [0.2, 0.25) is 5.91 Å². The topological polar surface area (TPSA) is 97.7 Å². The van der Waals surface area contributed by atoms with Crippen LogP contribution < -0.4 is 5.32 Å². The maximum Gasteiger partial charge on any atom is 0.338 e. The third-order valence-corrected chi connectivity index (χ3v) is 4.83. The van der Waals surface area contributed by atoms with E-state index in [1.54, 1.807) is 30.3 Å². The Balaban J connectivity index is 1.85. The second-order valence-corrected chi connectivity index (χ2v) is 6.47. The first kappa shape index (κ1) is 16.8. The van der Waals surface area contributed by atoms with Crippen LogP contribution in [-0.4, -0.2) is 48.3 Å². The smallest absolute Gasteiger partial charge is 0.338 e. The lowest BCUT2D eigenvalue weighted by molar-refractivity contribution is -0.148. The van der Waals surface area contributed by atoms with Crippen LogP contribution in [0.1, 0.15) is 17.3 Å². The van der Waals surface area contributed by atoms with E-state index in [2.05, 4.69) is 5.32 Å². The Kier molecular flexibility index (Phi) is 5.04. The minimum absolute atomic E-state index is 0.291. The molecule has 1 N–H and O–H groups in total. The fourth-order valence-electron chi connectivity index (χ4n) is 2.87. The van der Waals surface area contributed by atoms with E-state index >= 15 is 0 Å². The van der Waals surface area contributed by atoms with Crippen LogP contribution in [0.5, 0.6) is 0 Å². The molecular formula is C16H16N2O5S. The third kappa shape index (κ3) is 3.38. The van der Waals surface area contributed by atoms with Gasteiger partial charge in [-0.3, -0.25) is 4.79 Å². The second kappa shape index (κ2) is 7.21. The summed E-state index contributed by atoms with van der Waals surface area (Å²) in [6.07, 6.45) is -1.78. The summed E-state index contributed by atoms with van der Waals surface area (Å²) in [5.41, 5.74) is 0.402. The second-order valence-electron chi connectivity index (χ2n) is 5.51. The first-order valence-electron chi connectivity index (χ1n) is 7.45. The lowest BCUT2D eigenvalue weighted by atomic mass is 10.0. The molecule has 2 bridgehead atoms. The number of nitriles is 1. The largest absolute Gasteiger partial charge is 0.455 e. The van der Waals surface area contributed by atoms with Gasteiger partial charge in [0.15, 0.2) is 6.29 Å². The summed E-state index contributed by atoms with van der Waals surface area (Å²) in [6.45, 7) is 1.66. The minimum Gasteiger partial charge on any atom is -0.455 e. The van der Waals surface area contributed by atoms with Gasteiger partial charge in [0, 0.05) is 6.92 Å². The van der Waals surface area contributed by atoms with Crippen molar-refractivity contribution in [2.45, 2.75) is 36.7 Å². The van der Waals surface area contributed by atoms with Gasteiger partial charge in [-0.15, -0.1) is 0 Å². The third-order valence-electron chi connectivity index (χ3n) is 3.88. The SMILES string of the molecule is CC(=O)N[C@H]1[C@H]2OC[C@@H](O2)[C@@H](SC#N)[C@@H]1OC(=O)c1ccccc1. The van der Waals surface area contributed by atoms with E-state index in [9.17, 15) is 9.59 Å². The highest BCUT2D eigenvalue weighted by Crippen LogP contribution is 2.36. The molecule has 7 nitrogen and oxygen atoms in total. The van der Waals surface area contributed by atoms with Crippen molar-refractivity contribution in [2.24, 2.45) is 0 Å². The van der Waals surface area contributed by atoms with E-state index in [4.69, 9.17) is 19.5 Å². The van der Waals surface area contributed by atoms with Crippen LogP contribution in [0.2, 0.25) is 0 Å². The Morgan fingerprint density at radius 1 is 1.38 bits per heavy atom. The van der Waals surface area contributed by atoms with E-state index in [0.717, 1.165) is 11.8 Å². The quantitative estimate of drug-likeness (QED) is 0.641. The van der Waals surface area contributed by atoms with Crippen LogP contribution in [0.25, 0.3) is 0 Å². The van der Waals surface area contributed by atoms with Gasteiger partial charge >= 0.3 is 5.97 Å². The molecule has 1 aromatic rings. The van der Waals surface area contributed by atoms with Crippen LogP contribution in [0.15, 0.2) is 30.3 Å². The van der Waals surface area contributed by atoms with Crippen LogP contribution in [0, 0.1) is 10.7 Å². The summed E-state index contributed by atoms with van der Waals surface area (Å²) >= 11 is 0.960. The number of hydrogen-bond donors (Lipinski definition) is 1. The fourth-order valence-corrected chi connectivity index (χ4v) is 3.64. The summed E-state index contributed by atoms with van der Waals surface area (Å²) in [4.78, 5) is 23.9. The molecule has 0 aliphatic carbocycles. The average Bonchev–Trinajstić information content (AvgIpc) is 3.01. The summed E-state index contributed by atoms with van der Waals surface area (Å²) in [6, 6.07) is 7.90. The molecular weight excluding hydrogens is 332 g/mol. The van der Waals surface area contributed by atoms with E-state index in [1.165, 1.54) is 6.92 Å². The summed E-state index contributed by atoms with van der Waals surface area (Å²) in [7, 11) is 0. The van der Waals surface area contributed by atoms with Crippen molar-refractivity contribution in [3.8, 4) is 5.40 Å². The van der Waals surface area contributed by atoms with Crippen molar-refractivity contribution in [2.75, 3.05) is 6.61 Å². The van der Waals surface area contributed by atoms with Crippen LogP contribution in [0.4, 0.5) is 0 Å². The molecule has 0 spiro atoms. The number of rotatable bonds is 4. The zero-order chi connectivity index (χ0) is 17.1. The number of benzene rings is 1. The zero-order valence-electron chi connectivity index (χ0n) is 12.9. The number of nitrogens with zero attached hydrogens (tertiary/aromatic N) is 1. The summed E-state index contributed by atoms with van der Waals surface area (Å²) < 4.78 is 16.9. The van der Waals surface area contributed by atoms with Gasteiger partial charge in [0.25, 0.3) is 0 Å². The Labute approximate surface area is 143 Å². The molecule has 5 atom stereocenters. The first-order valence-corrected chi connectivity index (χ1v) is 8.33. The standard InChI is InChI=1S/C16H16N2O5S/c1-9(19)18-12-13(23-15(20)10-5-3-2-4-6-10)14(24-8-17)11-7-21-16(12)22-11/h2-6,11-14,16H,7H2,1H3,(H,18,19)/t11-,12-,13-,14-,16+/m1/s1. The predicted octanol–water partition coefficient (Wildman–Crippen LogP) is 1.05. The number of carbonyl (C=O) groups is 2. The fraction of sp³-hybridized carbons (Fsp3) is 0.438. The van der Waals surface area contributed by atoms with Crippen molar-refractivity contribution in [1.82, 2.24) is 5.32 Å². The number of nitrogens with one attached hydrogen (secondary N) is 1. The van der Waals surface area contributed by atoms with Gasteiger partial charge in [0.1, 0.15) is 23.7 Å². The van der Waals surface area contributed by atoms with Crippen molar-refractivity contribution < 1.29 is 23.8 Å². The van der Waals surface area contributed by atoms with Crippen LogP contribution >= 0.6 is 11.8 Å². The van der Waals surface area contributed by atoms with Crippen molar-refractivity contribution in [3.63, 3.8) is 0 Å². The van der Waals surface area contributed by atoms with Crippen LogP contribution in [0.3, 0.4) is 0 Å². The first-order chi connectivity index (χ1) is 11.6. The van der Waals surface area contributed by atoms with Crippen molar-refractivity contribution in [1.29, 1.82) is 5.26 Å². The predicted molar refractivity (Wildman–Crippen MR) is 84.9 cm³/mol. The van der Waals surface area contributed by atoms with Crippen LogP contribution in [-0.2, 0) is 19.0 Å². The molecule has 2 heterocycles. The summed E-state index contributed by atoms with van der Waals surface area (Å²) in [5, 5.41) is 13.4. The monoisotopic (exact) mass is 348 g/mol. The van der Waals surface area contributed by atoms with Crippen molar-refractivity contribution in [3.05, 3.63) is 35.9 Å². The number of hydrogen-bond acceptors (Lipinski definition) is 7. The summed E-state index contributed by atoms with van der Waals surface area (Å²) in [5.74, 6) is -0.806. The van der Waals surface area contributed by atoms with Gasteiger partial charge in [-0.25, -0.2) is 4.79 Å². The molecule has 2 saturated heterocycles. The Morgan fingerprint density at radius 3 is 2.79 bits per heavy atom. The molecule has 1 amide bonds. The molecule has 0 aromatic heterocycles. The van der Waals surface area contributed by atoms with E-state index in [1.807, 2.05) is 5.40 Å². The lowest BCUT2D eigenvalue weighted by Gasteiger charge is -2.39. The molecule has 3 rings (SSSR count). The van der Waals surface area contributed by atoms with Gasteiger partial charge < -0.3 is 19.5 Å². The highest BCUT2D eigenvalue weighted by molar-refractivity contribution is 8.04. The maximum atomic E-state index is 12.4. The van der Waals surface area contributed by atoms with E-state index in [0.29, 0.717) is 12.2 Å².